The maximum atomic E-state index is 11.9. The average molecular weight is 273 g/mol. The lowest BCUT2D eigenvalue weighted by molar-refractivity contribution is 0.0526. The molecule has 2 N–H and O–H groups in total. The molecule has 0 fully saturated rings. The van der Waals surface area contributed by atoms with E-state index in [1.165, 1.54) is 0 Å². The van der Waals surface area contributed by atoms with E-state index in [2.05, 4.69) is 5.10 Å². The first-order valence-corrected chi connectivity index (χ1v) is 6.62. The Balaban J connectivity index is 2.39. The van der Waals surface area contributed by atoms with Gasteiger partial charge in [-0.25, -0.2) is 4.79 Å². The number of anilines is 1. The molecule has 0 saturated carbocycles. The van der Waals surface area contributed by atoms with Crippen LogP contribution in [0.1, 0.15) is 41.5 Å². The summed E-state index contributed by atoms with van der Waals surface area (Å²) in [6, 6.07) is 9.95. The van der Waals surface area contributed by atoms with E-state index in [0.29, 0.717) is 12.2 Å². The van der Waals surface area contributed by atoms with Crippen molar-refractivity contribution in [1.82, 2.24) is 9.78 Å². The zero-order chi connectivity index (χ0) is 14.7. The number of carbonyl (C=O) groups excluding carboxylic acids is 1. The standard InChI is InChI=1S/C15H19N3O2/c1-4-20-15(19)13-11(3)18(17-14(13)16)10(2)12-8-6-5-7-9-12/h5-10H,4H2,1-3H3,(H2,16,17). The van der Waals surface area contributed by atoms with Gasteiger partial charge in [-0.1, -0.05) is 30.3 Å². The summed E-state index contributed by atoms with van der Waals surface area (Å²) in [5.74, 6) is -0.210. The summed E-state index contributed by atoms with van der Waals surface area (Å²) in [7, 11) is 0. The van der Waals surface area contributed by atoms with Gasteiger partial charge in [0.1, 0.15) is 5.56 Å². The molecule has 1 aromatic carbocycles. The Morgan fingerprint density at radius 1 is 1.40 bits per heavy atom. The van der Waals surface area contributed by atoms with Crippen LogP contribution in [-0.2, 0) is 4.74 Å². The molecule has 1 aromatic heterocycles. The van der Waals surface area contributed by atoms with E-state index >= 15 is 0 Å². The molecule has 0 spiro atoms. The summed E-state index contributed by atoms with van der Waals surface area (Å²) in [6.45, 7) is 5.93. The third-order valence-electron chi connectivity index (χ3n) is 3.31. The second-order valence-corrected chi connectivity index (χ2v) is 4.60. The molecule has 2 rings (SSSR count). The molecule has 0 amide bonds. The molecule has 0 aliphatic heterocycles. The zero-order valence-electron chi connectivity index (χ0n) is 12.0. The predicted octanol–water partition coefficient (Wildman–Crippen LogP) is 2.56. The van der Waals surface area contributed by atoms with Gasteiger partial charge in [0.15, 0.2) is 5.82 Å². The predicted molar refractivity (Wildman–Crippen MR) is 77.6 cm³/mol. The van der Waals surface area contributed by atoms with Gasteiger partial charge >= 0.3 is 5.97 Å². The Hall–Kier alpha value is -2.30. The molecule has 0 saturated heterocycles. The monoisotopic (exact) mass is 273 g/mol. The maximum Gasteiger partial charge on any atom is 0.343 e. The molecule has 20 heavy (non-hydrogen) atoms. The number of hydrogen-bond acceptors (Lipinski definition) is 4. The summed E-state index contributed by atoms with van der Waals surface area (Å²) in [5, 5.41) is 4.28. The van der Waals surface area contributed by atoms with Crippen molar-refractivity contribution in [3.05, 3.63) is 47.2 Å². The summed E-state index contributed by atoms with van der Waals surface area (Å²) in [4.78, 5) is 11.9. The smallest absolute Gasteiger partial charge is 0.343 e. The molecule has 0 radical (unpaired) electrons. The lowest BCUT2D eigenvalue weighted by Crippen LogP contribution is -2.12. The molecule has 5 heteroatoms. The van der Waals surface area contributed by atoms with E-state index in [4.69, 9.17) is 10.5 Å². The average Bonchev–Trinajstić information content (AvgIpc) is 2.74. The number of esters is 1. The molecule has 1 atom stereocenters. The highest BCUT2D eigenvalue weighted by Gasteiger charge is 2.23. The van der Waals surface area contributed by atoms with Crippen molar-refractivity contribution in [2.24, 2.45) is 0 Å². The second-order valence-electron chi connectivity index (χ2n) is 4.60. The molecular formula is C15H19N3O2. The van der Waals surface area contributed by atoms with Crippen molar-refractivity contribution in [3.8, 4) is 0 Å². The van der Waals surface area contributed by atoms with Crippen LogP contribution in [0.25, 0.3) is 0 Å². The summed E-state index contributed by atoms with van der Waals surface area (Å²) in [6.07, 6.45) is 0. The fourth-order valence-corrected chi connectivity index (χ4v) is 2.25. The van der Waals surface area contributed by atoms with Gasteiger partial charge < -0.3 is 10.5 Å². The topological polar surface area (TPSA) is 70.1 Å². The SMILES string of the molecule is CCOC(=O)c1c(N)nn(C(C)c2ccccc2)c1C. The highest BCUT2D eigenvalue weighted by molar-refractivity contribution is 5.95. The lowest BCUT2D eigenvalue weighted by atomic mass is 10.1. The number of benzene rings is 1. The first-order chi connectivity index (χ1) is 9.56. The highest BCUT2D eigenvalue weighted by Crippen LogP contribution is 2.24. The van der Waals surface area contributed by atoms with Crippen LogP contribution in [-0.4, -0.2) is 22.4 Å². The number of carbonyl (C=O) groups is 1. The number of rotatable bonds is 4. The van der Waals surface area contributed by atoms with Gasteiger partial charge in [0, 0.05) is 0 Å². The molecule has 0 bridgehead atoms. The molecule has 106 valence electrons. The van der Waals surface area contributed by atoms with Gasteiger partial charge in [0.2, 0.25) is 0 Å². The van der Waals surface area contributed by atoms with Crippen LogP contribution in [0.2, 0.25) is 0 Å². The van der Waals surface area contributed by atoms with Crippen LogP contribution >= 0.6 is 0 Å². The first kappa shape index (κ1) is 14.1. The van der Waals surface area contributed by atoms with Gasteiger partial charge in [0.25, 0.3) is 0 Å². The summed E-state index contributed by atoms with van der Waals surface area (Å²) >= 11 is 0. The van der Waals surface area contributed by atoms with Crippen molar-refractivity contribution in [2.75, 3.05) is 12.3 Å². The Bertz CT molecular complexity index is 605. The minimum atomic E-state index is -0.422. The molecule has 0 aliphatic rings. The number of ether oxygens (including phenoxy) is 1. The third-order valence-corrected chi connectivity index (χ3v) is 3.31. The van der Waals surface area contributed by atoms with Gasteiger partial charge in [-0.05, 0) is 26.3 Å². The van der Waals surface area contributed by atoms with Crippen LogP contribution in [0.15, 0.2) is 30.3 Å². The molecule has 1 unspecified atom stereocenters. The fraction of sp³-hybridized carbons (Fsp3) is 0.333. The van der Waals surface area contributed by atoms with Crippen LogP contribution in [0.4, 0.5) is 5.82 Å². The minimum absolute atomic E-state index is 0.00155. The van der Waals surface area contributed by atoms with E-state index in [0.717, 1.165) is 11.3 Å². The Labute approximate surface area is 118 Å². The Morgan fingerprint density at radius 3 is 2.65 bits per heavy atom. The minimum Gasteiger partial charge on any atom is -0.462 e. The molecular weight excluding hydrogens is 254 g/mol. The largest absolute Gasteiger partial charge is 0.462 e. The lowest BCUT2D eigenvalue weighted by Gasteiger charge is -2.14. The third kappa shape index (κ3) is 2.52. The van der Waals surface area contributed by atoms with Crippen LogP contribution in [0.5, 0.6) is 0 Å². The van der Waals surface area contributed by atoms with E-state index in [1.807, 2.05) is 44.2 Å². The number of nitrogens with two attached hydrogens (primary N) is 1. The van der Waals surface area contributed by atoms with Gasteiger partial charge in [0.05, 0.1) is 18.3 Å². The maximum absolute atomic E-state index is 11.9. The summed E-state index contributed by atoms with van der Waals surface area (Å²) < 4.78 is 6.78. The quantitative estimate of drug-likeness (QED) is 0.869. The van der Waals surface area contributed by atoms with Crippen molar-refractivity contribution in [2.45, 2.75) is 26.8 Å². The highest BCUT2D eigenvalue weighted by atomic mass is 16.5. The molecule has 2 aromatic rings. The fourth-order valence-electron chi connectivity index (χ4n) is 2.25. The van der Waals surface area contributed by atoms with Gasteiger partial charge in [-0.3, -0.25) is 4.68 Å². The normalized spacial score (nSPS) is 12.2. The van der Waals surface area contributed by atoms with Crippen molar-refractivity contribution in [3.63, 3.8) is 0 Å². The van der Waals surface area contributed by atoms with Crippen molar-refractivity contribution in [1.29, 1.82) is 0 Å². The number of nitrogen functional groups attached to an aromatic ring is 1. The first-order valence-electron chi connectivity index (χ1n) is 6.62. The molecule has 1 heterocycles. The van der Waals surface area contributed by atoms with Crippen LogP contribution in [0.3, 0.4) is 0 Å². The number of hydrogen-bond donors (Lipinski definition) is 1. The zero-order valence-corrected chi connectivity index (χ0v) is 12.0. The molecule has 0 aliphatic carbocycles. The van der Waals surface area contributed by atoms with E-state index in [-0.39, 0.29) is 11.9 Å². The van der Waals surface area contributed by atoms with E-state index < -0.39 is 5.97 Å². The number of nitrogens with zero attached hydrogens (tertiary/aromatic N) is 2. The Kier molecular flexibility index (Phi) is 4.08. The van der Waals surface area contributed by atoms with Gasteiger partial charge in [-0.2, -0.15) is 5.10 Å². The molecule has 5 nitrogen and oxygen atoms in total. The summed E-state index contributed by atoms with van der Waals surface area (Å²) in [5.41, 5.74) is 8.04. The van der Waals surface area contributed by atoms with Crippen LogP contribution in [0, 0.1) is 6.92 Å². The number of aromatic nitrogens is 2. The second kappa shape index (κ2) is 5.77. The van der Waals surface area contributed by atoms with Crippen molar-refractivity contribution < 1.29 is 9.53 Å². The van der Waals surface area contributed by atoms with Gasteiger partial charge in [-0.15, -0.1) is 0 Å². The van der Waals surface area contributed by atoms with E-state index in [9.17, 15) is 4.79 Å². The Morgan fingerprint density at radius 2 is 2.05 bits per heavy atom. The van der Waals surface area contributed by atoms with E-state index in [1.54, 1.807) is 11.6 Å². The van der Waals surface area contributed by atoms with Crippen LogP contribution < -0.4 is 5.73 Å². The van der Waals surface area contributed by atoms with Crippen molar-refractivity contribution >= 4 is 11.8 Å².